The molecule has 0 aliphatic carbocycles. The molecule has 38 heavy (non-hydrogen) atoms. The third kappa shape index (κ3) is 5.81. The number of hydrogen-bond acceptors (Lipinski definition) is 5. The second-order valence-corrected chi connectivity index (χ2v) is 9.54. The summed E-state index contributed by atoms with van der Waals surface area (Å²) in [6, 6.07) is 24.4. The second-order valence-electron chi connectivity index (χ2n) is 8.69. The predicted octanol–water partition coefficient (Wildman–Crippen LogP) is 5.78. The summed E-state index contributed by atoms with van der Waals surface area (Å²) in [4.78, 5) is 36.4. The average Bonchev–Trinajstić information content (AvgIpc) is 2.93. The number of hydrogen-bond donors (Lipinski definition) is 2. The number of aromatic nitrogens is 1. The smallest absolute Gasteiger partial charge is 0.253 e. The molecule has 7 nitrogen and oxygen atoms in total. The average molecular weight is 548 g/mol. The van der Waals surface area contributed by atoms with E-state index in [1.807, 2.05) is 36.4 Å². The molecule has 3 aromatic carbocycles. The fourth-order valence-electron chi connectivity index (χ4n) is 4.35. The lowest BCUT2D eigenvalue weighted by atomic mass is 9.80. The van der Waals surface area contributed by atoms with Gasteiger partial charge in [0.15, 0.2) is 0 Å². The van der Waals surface area contributed by atoms with Crippen molar-refractivity contribution in [3.05, 3.63) is 129 Å². The minimum Gasteiger partial charge on any atom is -0.489 e. The SMILES string of the molecule is O=C1N[C@@H](c2ccc(Cl)cc2Cl)[C@H](C(=O)NOCc2ccccn2)c2cc(OCc3ccccc3)ccc21. The van der Waals surface area contributed by atoms with Gasteiger partial charge in [0.2, 0.25) is 0 Å². The van der Waals surface area contributed by atoms with Crippen LogP contribution in [0.5, 0.6) is 5.75 Å². The van der Waals surface area contributed by atoms with Crippen molar-refractivity contribution in [2.75, 3.05) is 0 Å². The van der Waals surface area contributed by atoms with Gasteiger partial charge in [-0.05, 0) is 59.2 Å². The Kier molecular flexibility index (Phi) is 7.89. The van der Waals surface area contributed by atoms with E-state index in [2.05, 4.69) is 15.8 Å². The Hall–Kier alpha value is -3.91. The predicted molar refractivity (Wildman–Crippen MR) is 144 cm³/mol. The maximum absolute atomic E-state index is 13.6. The molecule has 2 N–H and O–H groups in total. The van der Waals surface area contributed by atoms with Gasteiger partial charge in [0.1, 0.15) is 19.0 Å². The largest absolute Gasteiger partial charge is 0.489 e. The van der Waals surface area contributed by atoms with E-state index in [1.165, 1.54) is 0 Å². The van der Waals surface area contributed by atoms with Crippen LogP contribution in [-0.2, 0) is 22.8 Å². The number of amides is 2. The molecule has 0 fully saturated rings. The first-order chi connectivity index (χ1) is 18.5. The first kappa shape index (κ1) is 25.7. The van der Waals surface area contributed by atoms with Crippen LogP contribution in [-0.4, -0.2) is 16.8 Å². The third-order valence-electron chi connectivity index (χ3n) is 6.17. The molecule has 0 bridgehead atoms. The van der Waals surface area contributed by atoms with Crippen molar-refractivity contribution in [2.24, 2.45) is 0 Å². The molecule has 4 aromatic rings. The van der Waals surface area contributed by atoms with Crippen molar-refractivity contribution in [1.82, 2.24) is 15.8 Å². The highest BCUT2D eigenvalue weighted by Gasteiger charge is 2.40. The zero-order chi connectivity index (χ0) is 26.5. The Morgan fingerprint density at radius 3 is 2.50 bits per heavy atom. The molecule has 192 valence electrons. The lowest BCUT2D eigenvalue weighted by Crippen LogP contribution is -2.44. The van der Waals surface area contributed by atoms with E-state index in [0.717, 1.165) is 5.56 Å². The second kappa shape index (κ2) is 11.6. The molecule has 0 saturated heterocycles. The van der Waals surface area contributed by atoms with Crippen molar-refractivity contribution in [2.45, 2.75) is 25.2 Å². The zero-order valence-corrected chi connectivity index (χ0v) is 21.6. The van der Waals surface area contributed by atoms with Crippen LogP contribution >= 0.6 is 23.2 Å². The molecule has 1 aromatic heterocycles. The van der Waals surface area contributed by atoms with Crippen molar-refractivity contribution in [3.8, 4) is 5.75 Å². The first-order valence-electron chi connectivity index (χ1n) is 11.9. The van der Waals surface area contributed by atoms with Crippen LogP contribution in [0.1, 0.15) is 44.7 Å². The number of nitrogens with zero attached hydrogens (tertiary/aromatic N) is 1. The van der Waals surface area contributed by atoms with E-state index in [4.69, 9.17) is 32.8 Å². The summed E-state index contributed by atoms with van der Waals surface area (Å²) in [6.07, 6.45) is 1.64. The minimum absolute atomic E-state index is 0.0745. The van der Waals surface area contributed by atoms with Gasteiger partial charge in [0, 0.05) is 21.8 Å². The van der Waals surface area contributed by atoms with E-state index < -0.39 is 17.9 Å². The van der Waals surface area contributed by atoms with Crippen LogP contribution in [0.4, 0.5) is 0 Å². The number of benzene rings is 3. The van der Waals surface area contributed by atoms with Gasteiger partial charge < -0.3 is 10.1 Å². The summed E-state index contributed by atoms with van der Waals surface area (Å²) in [5, 5.41) is 3.70. The summed E-state index contributed by atoms with van der Waals surface area (Å²) in [7, 11) is 0. The maximum atomic E-state index is 13.6. The van der Waals surface area contributed by atoms with Crippen LogP contribution in [0, 0.1) is 0 Å². The van der Waals surface area contributed by atoms with Gasteiger partial charge in [-0.2, -0.15) is 0 Å². The van der Waals surface area contributed by atoms with Crippen molar-refractivity contribution >= 4 is 35.0 Å². The number of fused-ring (bicyclic) bond motifs is 1. The molecule has 1 aliphatic rings. The topological polar surface area (TPSA) is 89.6 Å². The zero-order valence-electron chi connectivity index (χ0n) is 20.1. The van der Waals surface area contributed by atoms with Gasteiger partial charge in [-0.3, -0.25) is 19.4 Å². The van der Waals surface area contributed by atoms with Crippen LogP contribution in [0.15, 0.2) is 91.1 Å². The highest BCUT2D eigenvalue weighted by Crippen LogP contribution is 2.41. The number of carbonyl (C=O) groups excluding carboxylic acids is 2. The summed E-state index contributed by atoms with van der Waals surface area (Å²) < 4.78 is 5.99. The molecule has 0 unspecified atom stereocenters. The molecule has 2 atom stereocenters. The van der Waals surface area contributed by atoms with Gasteiger partial charge in [0.25, 0.3) is 11.8 Å². The van der Waals surface area contributed by atoms with Crippen LogP contribution < -0.4 is 15.5 Å². The molecule has 1 aliphatic heterocycles. The van der Waals surface area contributed by atoms with E-state index in [1.54, 1.807) is 54.7 Å². The van der Waals surface area contributed by atoms with Gasteiger partial charge in [-0.1, -0.05) is 65.7 Å². The summed E-state index contributed by atoms with van der Waals surface area (Å²) in [6.45, 7) is 0.410. The van der Waals surface area contributed by atoms with Crippen LogP contribution in [0.25, 0.3) is 0 Å². The highest BCUT2D eigenvalue weighted by molar-refractivity contribution is 6.35. The molecule has 9 heteroatoms. The number of pyridine rings is 1. The summed E-state index contributed by atoms with van der Waals surface area (Å²) in [5.74, 6) is -1.14. The van der Waals surface area contributed by atoms with Crippen molar-refractivity contribution < 1.29 is 19.2 Å². The Labute approximate surface area is 229 Å². The first-order valence-corrected chi connectivity index (χ1v) is 12.6. The van der Waals surface area contributed by atoms with Crippen molar-refractivity contribution in [3.63, 3.8) is 0 Å². The Bertz CT molecular complexity index is 1450. The Morgan fingerprint density at radius 1 is 0.921 bits per heavy atom. The monoisotopic (exact) mass is 547 g/mol. The number of rotatable bonds is 8. The summed E-state index contributed by atoms with van der Waals surface area (Å²) >= 11 is 12.6. The Balaban J connectivity index is 1.46. The molecule has 2 amide bonds. The highest BCUT2D eigenvalue weighted by atomic mass is 35.5. The number of carbonyl (C=O) groups is 2. The maximum Gasteiger partial charge on any atom is 0.253 e. The van der Waals surface area contributed by atoms with Gasteiger partial charge in [0.05, 0.1) is 17.7 Å². The quantitative estimate of drug-likeness (QED) is 0.273. The standard InChI is InChI=1S/C29H23Cl2N3O4/c30-19-9-11-23(25(31)14-19)27-26(29(36)34-38-17-20-8-4-5-13-32-20)24-15-21(10-12-22(24)28(35)33-27)37-16-18-6-2-1-3-7-18/h1-15,26-27H,16-17H2,(H,33,35)(H,34,36)/t26-,27+/m1/s1. The molecule has 0 saturated carbocycles. The molecular formula is C29H23Cl2N3O4. The fourth-order valence-corrected chi connectivity index (χ4v) is 4.88. The van der Waals surface area contributed by atoms with E-state index in [0.29, 0.717) is 44.8 Å². The van der Waals surface area contributed by atoms with Crippen LogP contribution in [0.3, 0.4) is 0 Å². The lowest BCUT2D eigenvalue weighted by Gasteiger charge is -2.34. The third-order valence-corrected chi connectivity index (χ3v) is 6.73. The lowest BCUT2D eigenvalue weighted by molar-refractivity contribution is -0.137. The molecule has 0 spiro atoms. The Morgan fingerprint density at radius 2 is 1.74 bits per heavy atom. The van der Waals surface area contributed by atoms with Crippen molar-refractivity contribution in [1.29, 1.82) is 0 Å². The number of halogens is 2. The van der Waals surface area contributed by atoms with E-state index in [-0.39, 0.29) is 12.5 Å². The molecule has 0 radical (unpaired) electrons. The number of ether oxygens (including phenoxy) is 1. The fraction of sp³-hybridized carbons (Fsp3) is 0.138. The summed E-state index contributed by atoms with van der Waals surface area (Å²) in [5.41, 5.74) is 5.58. The van der Waals surface area contributed by atoms with E-state index >= 15 is 0 Å². The van der Waals surface area contributed by atoms with Crippen LogP contribution in [0.2, 0.25) is 10.0 Å². The molecule has 5 rings (SSSR count). The van der Waals surface area contributed by atoms with E-state index in [9.17, 15) is 9.59 Å². The number of nitrogens with one attached hydrogen (secondary N) is 2. The van der Waals surface area contributed by atoms with Gasteiger partial charge in [-0.15, -0.1) is 0 Å². The molecular weight excluding hydrogens is 525 g/mol. The van der Waals surface area contributed by atoms with Gasteiger partial charge in [-0.25, -0.2) is 5.48 Å². The minimum atomic E-state index is -0.870. The number of hydroxylamine groups is 1. The van der Waals surface area contributed by atoms with Gasteiger partial charge >= 0.3 is 0 Å². The normalized spacial score (nSPS) is 16.3. The molecule has 2 heterocycles.